The molecule has 1 aromatic rings. The number of Topliss-reactive ketones (excluding diaryl/α,β-unsaturated/α-hetero) is 1. The number of carbonyl (C=O) groups is 1. The SMILES string of the molecule is O=C(C1=CCCCC1)c1ccc(F)c(Cl)c1. The number of hydrogen-bond acceptors (Lipinski definition) is 1. The second-order valence-electron chi connectivity index (χ2n) is 3.93. The molecule has 0 aromatic heterocycles. The lowest BCUT2D eigenvalue weighted by Crippen LogP contribution is -2.06. The lowest BCUT2D eigenvalue weighted by molar-refractivity contribution is 0.102. The maximum atomic E-state index is 12.9. The van der Waals surface area contributed by atoms with Crippen molar-refractivity contribution in [2.45, 2.75) is 25.7 Å². The summed E-state index contributed by atoms with van der Waals surface area (Å²) in [5.74, 6) is -0.516. The molecular weight excluding hydrogens is 227 g/mol. The van der Waals surface area contributed by atoms with Gasteiger partial charge in [0.2, 0.25) is 0 Å². The van der Waals surface area contributed by atoms with Gasteiger partial charge in [-0.25, -0.2) is 4.39 Å². The van der Waals surface area contributed by atoms with Crippen LogP contribution in [0.25, 0.3) is 0 Å². The molecule has 0 atom stereocenters. The third kappa shape index (κ3) is 2.33. The van der Waals surface area contributed by atoms with Gasteiger partial charge in [-0.05, 0) is 49.5 Å². The molecule has 1 aromatic carbocycles. The van der Waals surface area contributed by atoms with Crippen LogP contribution < -0.4 is 0 Å². The first-order chi connectivity index (χ1) is 7.68. The number of rotatable bonds is 2. The Morgan fingerprint density at radius 2 is 2.12 bits per heavy atom. The van der Waals surface area contributed by atoms with Crippen molar-refractivity contribution in [2.24, 2.45) is 0 Å². The Bertz CT molecular complexity index is 451. The van der Waals surface area contributed by atoms with Gasteiger partial charge in [-0.15, -0.1) is 0 Å². The van der Waals surface area contributed by atoms with E-state index >= 15 is 0 Å². The maximum Gasteiger partial charge on any atom is 0.188 e. The Labute approximate surface area is 98.9 Å². The Morgan fingerprint density at radius 3 is 2.75 bits per heavy atom. The zero-order valence-corrected chi connectivity index (χ0v) is 9.56. The van der Waals surface area contributed by atoms with Crippen LogP contribution in [0.15, 0.2) is 29.8 Å². The van der Waals surface area contributed by atoms with Gasteiger partial charge in [0.25, 0.3) is 0 Å². The molecular formula is C13H12ClFO. The second kappa shape index (κ2) is 4.79. The van der Waals surface area contributed by atoms with E-state index in [1.54, 1.807) is 0 Å². The summed E-state index contributed by atoms with van der Waals surface area (Å²) in [6.07, 6.45) is 5.93. The van der Waals surface area contributed by atoms with E-state index < -0.39 is 5.82 Å². The third-order valence-corrected chi connectivity index (χ3v) is 3.05. The number of halogens is 2. The van der Waals surface area contributed by atoms with Gasteiger partial charge in [-0.1, -0.05) is 17.7 Å². The molecule has 0 N–H and O–H groups in total. The molecule has 0 heterocycles. The van der Waals surface area contributed by atoms with E-state index in [1.165, 1.54) is 18.2 Å². The van der Waals surface area contributed by atoms with Gasteiger partial charge < -0.3 is 0 Å². The lowest BCUT2D eigenvalue weighted by atomic mass is 9.93. The lowest BCUT2D eigenvalue weighted by Gasteiger charge is -2.11. The van der Waals surface area contributed by atoms with E-state index in [2.05, 4.69) is 0 Å². The fourth-order valence-corrected chi connectivity index (χ4v) is 2.05. The number of benzene rings is 1. The summed E-state index contributed by atoms with van der Waals surface area (Å²) in [5.41, 5.74) is 1.30. The smallest absolute Gasteiger partial charge is 0.188 e. The van der Waals surface area contributed by atoms with Crippen molar-refractivity contribution in [3.05, 3.63) is 46.3 Å². The van der Waals surface area contributed by atoms with Crippen molar-refractivity contribution in [2.75, 3.05) is 0 Å². The molecule has 84 valence electrons. The monoisotopic (exact) mass is 238 g/mol. The molecule has 0 radical (unpaired) electrons. The molecule has 0 bridgehead atoms. The van der Waals surface area contributed by atoms with Crippen molar-refractivity contribution in [1.29, 1.82) is 0 Å². The minimum Gasteiger partial charge on any atom is -0.289 e. The molecule has 1 aliphatic rings. The number of allylic oxidation sites excluding steroid dienone is 2. The standard InChI is InChI=1S/C13H12ClFO/c14-11-8-10(6-7-12(11)15)13(16)9-4-2-1-3-5-9/h4,6-8H,1-3,5H2. The quantitative estimate of drug-likeness (QED) is 0.707. The zero-order valence-electron chi connectivity index (χ0n) is 8.80. The molecule has 0 saturated heterocycles. The maximum absolute atomic E-state index is 12.9. The Hall–Kier alpha value is -1.15. The van der Waals surface area contributed by atoms with Crippen LogP contribution >= 0.6 is 11.6 Å². The highest BCUT2D eigenvalue weighted by atomic mass is 35.5. The highest BCUT2D eigenvalue weighted by Gasteiger charge is 2.15. The topological polar surface area (TPSA) is 17.1 Å². The van der Waals surface area contributed by atoms with E-state index in [0.29, 0.717) is 5.56 Å². The van der Waals surface area contributed by atoms with E-state index in [4.69, 9.17) is 11.6 Å². The first kappa shape index (κ1) is 11.3. The number of ketones is 1. The van der Waals surface area contributed by atoms with E-state index in [1.807, 2.05) is 6.08 Å². The molecule has 0 fully saturated rings. The largest absolute Gasteiger partial charge is 0.289 e. The first-order valence-electron chi connectivity index (χ1n) is 5.37. The average molecular weight is 239 g/mol. The summed E-state index contributed by atoms with van der Waals surface area (Å²) in [7, 11) is 0. The molecule has 0 aliphatic heterocycles. The molecule has 0 unspecified atom stereocenters. The van der Waals surface area contributed by atoms with Crippen LogP contribution in [0.2, 0.25) is 5.02 Å². The highest BCUT2D eigenvalue weighted by molar-refractivity contribution is 6.31. The van der Waals surface area contributed by atoms with Gasteiger partial charge in [0.1, 0.15) is 5.82 Å². The molecule has 16 heavy (non-hydrogen) atoms. The fraction of sp³-hybridized carbons (Fsp3) is 0.308. The van der Waals surface area contributed by atoms with Crippen LogP contribution in [-0.2, 0) is 0 Å². The van der Waals surface area contributed by atoms with Gasteiger partial charge in [0, 0.05) is 5.56 Å². The second-order valence-corrected chi connectivity index (χ2v) is 4.34. The molecule has 0 amide bonds. The summed E-state index contributed by atoms with van der Waals surface area (Å²) < 4.78 is 12.9. The Kier molecular flexibility index (Phi) is 3.39. The van der Waals surface area contributed by atoms with Crippen LogP contribution in [0.1, 0.15) is 36.0 Å². The number of carbonyl (C=O) groups excluding carboxylic acids is 1. The average Bonchev–Trinajstić information content (AvgIpc) is 2.33. The predicted octanol–water partition coefficient (Wildman–Crippen LogP) is 4.16. The first-order valence-corrected chi connectivity index (χ1v) is 5.75. The summed E-state index contributed by atoms with van der Waals surface area (Å²) >= 11 is 5.65. The highest BCUT2D eigenvalue weighted by Crippen LogP contribution is 2.23. The Morgan fingerprint density at radius 1 is 1.31 bits per heavy atom. The fourth-order valence-electron chi connectivity index (χ4n) is 1.87. The van der Waals surface area contributed by atoms with Gasteiger partial charge >= 0.3 is 0 Å². The van der Waals surface area contributed by atoms with Crippen molar-refractivity contribution >= 4 is 17.4 Å². The minimum atomic E-state index is -0.490. The number of hydrogen-bond donors (Lipinski definition) is 0. The van der Waals surface area contributed by atoms with Crippen LogP contribution in [0, 0.1) is 5.82 Å². The normalized spacial score (nSPS) is 15.8. The zero-order chi connectivity index (χ0) is 11.5. The summed E-state index contributed by atoms with van der Waals surface area (Å²) in [5, 5.41) is 0.00209. The molecule has 1 nitrogen and oxygen atoms in total. The molecule has 3 heteroatoms. The van der Waals surface area contributed by atoms with Crippen molar-refractivity contribution < 1.29 is 9.18 Å². The summed E-state index contributed by atoms with van der Waals surface area (Å²) in [6.45, 7) is 0. The van der Waals surface area contributed by atoms with Gasteiger partial charge in [0.15, 0.2) is 5.78 Å². The van der Waals surface area contributed by atoms with Crippen molar-refractivity contribution in [3.8, 4) is 0 Å². The van der Waals surface area contributed by atoms with Crippen LogP contribution in [0.3, 0.4) is 0 Å². The Balaban J connectivity index is 2.26. The third-order valence-electron chi connectivity index (χ3n) is 2.76. The van der Waals surface area contributed by atoms with Crippen LogP contribution in [0.5, 0.6) is 0 Å². The summed E-state index contributed by atoms with van der Waals surface area (Å²) in [6, 6.07) is 4.12. The van der Waals surface area contributed by atoms with Crippen LogP contribution in [0.4, 0.5) is 4.39 Å². The van der Waals surface area contributed by atoms with Gasteiger partial charge in [0.05, 0.1) is 5.02 Å². The predicted molar refractivity (Wildman–Crippen MR) is 62.3 cm³/mol. The molecule has 0 spiro atoms. The van der Waals surface area contributed by atoms with Gasteiger partial charge in [-0.2, -0.15) is 0 Å². The molecule has 1 aliphatic carbocycles. The molecule has 2 rings (SSSR count). The van der Waals surface area contributed by atoms with Crippen molar-refractivity contribution in [1.82, 2.24) is 0 Å². The van der Waals surface area contributed by atoms with Crippen molar-refractivity contribution in [3.63, 3.8) is 0 Å². The summed E-state index contributed by atoms with van der Waals surface area (Å²) in [4.78, 5) is 12.0. The van der Waals surface area contributed by atoms with E-state index in [9.17, 15) is 9.18 Å². The van der Waals surface area contributed by atoms with Gasteiger partial charge in [-0.3, -0.25) is 4.79 Å². The van der Waals surface area contributed by atoms with E-state index in [0.717, 1.165) is 31.3 Å². The molecule has 0 saturated carbocycles. The minimum absolute atomic E-state index is 0.00209. The van der Waals surface area contributed by atoms with Crippen LogP contribution in [-0.4, -0.2) is 5.78 Å². The van der Waals surface area contributed by atoms with E-state index in [-0.39, 0.29) is 10.8 Å².